The fourth-order valence-electron chi connectivity index (χ4n) is 0.348. The second-order valence-corrected chi connectivity index (χ2v) is 2.19. The van der Waals surface area contributed by atoms with Crippen LogP contribution in [0.3, 0.4) is 0 Å². The summed E-state index contributed by atoms with van der Waals surface area (Å²) in [5, 5.41) is 10.6. The van der Waals surface area contributed by atoms with Crippen molar-refractivity contribution in [2.45, 2.75) is 19.4 Å². The molecule has 0 aliphatic carbocycles. The molecule has 0 amide bonds. The van der Waals surface area contributed by atoms with Gasteiger partial charge in [0.05, 0.1) is 0 Å². The Labute approximate surface area is 62.4 Å². The molecule has 0 bridgehead atoms. The SMILES string of the molecule is COCC(C)(C)[O-].[Li+]. The zero-order chi connectivity index (χ0) is 5.91. The van der Waals surface area contributed by atoms with Gasteiger partial charge in [0.15, 0.2) is 0 Å². The molecule has 0 saturated heterocycles. The van der Waals surface area contributed by atoms with Crippen LogP contribution in [0.25, 0.3) is 0 Å². The van der Waals surface area contributed by atoms with Crippen LogP contribution in [-0.2, 0) is 4.74 Å². The summed E-state index contributed by atoms with van der Waals surface area (Å²) in [4.78, 5) is 0. The van der Waals surface area contributed by atoms with Gasteiger partial charge in [-0.1, -0.05) is 19.4 Å². The van der Waals surface area contributed by atoms with E-state index >= 15 is 0 Å². The van der Waals surface area contributed by atoms with Crippen molar-refractivity contribution >= 4 is 0 Å². The van der Waals surface area contributed by atoms with Crippen molar-refractivity contribution in [2.24, 2.45) is 0 Å². The van der Waals surface area contributed by atoms with E-state index in [-0.39, 0.29) is 25.5 Å². The molecule has 0 atom stereocenters. The maximum Gasteiger partial charge on any atom is 1.00 e. The van der Waals surface area contributed by atoms with Crippen LogP contribution < -0.4 is 24.0 Å². The van der Waals surface area contributed by atoms with Gasteiger partial charge >= 0.3 is 18.9 Å². The van der Waals surface area contributed by atoms with Crippen molar-refractivity contribution in [1.29, 1.82) is 0 Å². The molecule has 0 spiro atoms. The molecule has 0 unspecified atom stereocenters. The zero-order valence-corrected chi connectivity index (χ0v) is 6.02. The second kappa shape index (κ2) is 4.40. The summed E-state index contributed by atoms with van der Waals surface area (Å²) in [6.07, 6.45) is 0. The van der Waals surface area contributed by atoms with Gasteiger partial charge < -0.3 is 9.84 Å². The summed E-state index contributed by atoms with van der Waals surface area (Å²) in [5.41, 5.74) is -0.922. The average molecular weight is 110 g/mol. The number of methoxy groups -OCH3 is 1. The monoisotopic (exact) mass is 110 g/mol. The van der Waals surface area contributed by atoms with Gasteiger partial charge in [-0.25, -0.2) is 0 Å². The fourth-order valence-corrected chi connectivity index (χ4v) is 0.348. The van der Waals surface area contributed by atoms with Crippen LogP contribution in [0.15, 0.2) is 0 Å². The Kier molecular flexibility index (Phi) is 6.23. The Bertz CT molecular complexity index is 48.9. The minimum atomic E-state index is -0.922. The predicted molar refractivity (Wildman–Crippen MR) is 26.0 cm³/mol. The van der Waals surface area contributed by atoms with Gasteiger partial charge in [-0.2, -0.15) is 0 Å². The summed E-state index contributed by atoms with van der Waals surface area (Å²) >= 11 is 0. The van der Waals surface area contributed by atoms with Crippen LogP contribution in [0.1, 0.15) is 13.8 Å². The minimum Gasteiger partial charge on any atom is -0.848 e. The maximum atomic E-state index is 10.6. The minimum absolute atomic E-state index is 0. The van der Waals surface area contributed by atoms with Gasteiger partial charge in [0.2, 0.25) is 0 Å². The summed E-state index contributed by atoms with van der Waals surface area (Å²) < 4.78 is 4.59. The van der Waals surface area contributed by atoms with E-state index in [9.17, 15) is 5.11 Å². The number of hydrogen-bond donors (Lipinski definition) is 0. The van der Waals surface area contributed by atoms with Crippen LogP contribution in [0.4, 0.5) is 0 Å². The Morgan fingerprint density at radius 2 is 1.88 bits per heavy atom. The van der Waals surface area contributed by atoms with Crippen molar-refractivity contribution < 1.29 is 28.7 Å². The van der Waals surface area contributed by atoms with E-state index in [2.05, 4.69) is 4.74 Å². The van der Waals surface area contributed by atoms with Gasteiger partial charge in [0, 0.05) is 13.7 Å². The summed E-state index contributed by atoms with van der Waals surface area (Å²) in [5.74, 6) is 0. The quantitative estimate of drug-likeness (QED) is 0.350. The normalized spacial score (nSPS) is 10.5. The first kappa shape index (κ1) is 11.3. The third kappa shape index (κ3) is 9.72. The summed E-state index contributed by atoms with van der Waals surface area (Å²) in [6, 6.07) is 0. The van der Waals surface area contributed by atoms with Crippen molar-refractivity contribution in [3.05, 3.63) is 0 Å². The first-order valence-electron chi connectivity index (χ1n) is 2.25. The average Bonchev–Trinajstić information content (AvgIpc) is 1.30. The molecule has 2 nitrogen and oxygen atoms in total. The van der Waals surface area contributed by atoms with Gasteiger partial charge in [0.1, 0.15) is 0 Å². The van der Waals surface area contributed by atoms with Crippen LogP contribution in [-0.4, -0.2) is 19.3 Å². The molecule has 3 heteroatoms. The molecule has 0 N–H and O–H groups in total. The molecular formula is C5H11LiO2. The van der Waals surface area contributed by atoms with E-state index in [1.165, 1.54) is 7.11 Å². The van der Waals surface area contributed by atoms with Gasteiger partial charge in [-0.15, -0.1) is 0 Å². The third-order valence-electron chi connectivity index (χ3n) is 0.492. The largest absolute Gasteiger partial charge is 1.00 e. The Balaban J connectivity index is 0. The van der Waals surface area contributed by atoms with E-state index in [1.807, 2.05) is 0 Å². The molecule has 0 heterocycles. The summed E-state index contributed by atoms with van der Waals surface area (Å²) in [6.45, 7) is 3.47. The standard InChI is InChI=1S/C5H11O2.Li/c1-5(2,6)4-7-3;/h4H2,1-3H3;/q-1;+1. The van der Waals surface area contributed by atoms with Crippen LogP contribution in [0.2, 0.25) is 0 Å². The van der Waals surface area contributed by atoms with Crippen LogP contribution in [0, 0.1) is 0 Å². The smallest absolute Gasteiger partial charge is 0.848 e. The molecule has 0 aromatic rings. The van der Waals surface area contributed by atoms with Crippen molar-refractivity contribution in [1.82, 2.24) is 0 Å². The molecule has 0 aliphatic rings. The van der Waals surface area contributed by atoms with E-state index in [0.717, 1.165) is 0 Å². The van der Waals surface area contributed by atoms with Crippen molar-refractivity contribution in [3.8, 4) is 0 Å². The van der Waals surface area contributed by atoms with Crippen molar-refractivity contribution in [3.63, 3.8) is 0 Å². The second-order valence-electron chi connectivity index (χ2n) is 2.19. The molecule has 0 saturated carbocycles. The number of ether oxygens (including phenoxy) is 1. The van der Waals surface area contributed by atoms with Crippen molar-refractivity contribution in [2.75, 3.05) is 13.7 Å². The molecule has 0 radical (unpaired) electrons. The number of rotatable bonds is 2. The predicted octanol–water partition coefficient (Wildman–Crippen LogP) is -3.22. The first-order valence-corrected chi connectivity index (χ1v) is 2.25. The van der Waals surface area contributed by atoms with E-state index < -0.39 is 5.60 Å². The molecular weight excluding hydrogens is 99.0 g/mol. The molecule has 0 aliphatic heterocycles. The molecule has 44 valence electrons. The molecule has 0 fully saturated rings. The van der Waals surface area contributed by atoms with E-state index in [0.29, 0.717) is 0 Å². The van der Waals surface area contributed by atoms with Crippen LogP contribution in [0.5, 0.6) is 0 Å². The molecule has 0 aromatic carbocycles. The van der Waals surface area contributed by atoms with Gasteiger partial charge in [-0.05, 0) is 0 Å². The number of hydrogen-bond acceptors (Lipinski definition) is 2. The zero-order valence-electron chi connectivity index (χ0n) is 6.02. The van der Waals surface area contributed by atoms with Gasteiger partial charge in [0.25, 0.3) is 0 Å². The van der Waals surface area contributed by atoms with E-state index in [1.54, 1.807) is 13.8 Å². The van der Waals surface area contributed by atoms with Crippen LogP contribution >= 0.6 is 0 Å². The first-order chi connectivity index (χ1) is 3.06. The molecule has 0 aromatic heterocycles. The molecule has 0 rings (SSSR count). The molecule has 8 heavy (non-hydrogen) atoms. The Hall–Kier alpha value is 0.517. The Morgan fingerprint density at radius 1 is 1.50 bits per heavy atom. The van der Waals surface area contributed by atoms with E-state index in [4.69, 9.17) is 0 Å². The maximum absolute atomic E-state index is 10.6. The topological polar surface area (TPSA) is 32.3 Å². The summed E-state index contributed by atoms with van der Waals surface area (Å²) in [7, 11) is 1.53. The Morgan fingerprint density at radius 3 is 1.88 bits per heavy atom. The van der Waals surface area contributed by atoms with Gasteiger partial charge in [-0.3, -0.25) is 0 Å². The third-order valence-corrected chi connectivity index (χ3v) is 0.492. The fraction of sp³-hybridized carbons (Fsp3) is 1.00.